The van der Waals surface area contributed by atoms with Crippen LogP contribution in [0.25, 0.3) is 6.08 Å². The zero-order chi connectivity index (χ0) is 19.5. The number of para-hydroxylation sites is 2. The number of halogens is 1. The number of amides is 1. The van der Waals surface area contributed by atoms with Crippen LogP contribution in [-0.4, -0.2) is 18.7 Å². The molecule has 0 heterocycles. The SMILES string of the molecule is N=CC(=C\NC/C=C/c1ccc(F)cc1)/C=C/C(=O)Nc1ccccc1N. The maximum absolute atomic E-state index is 12.8. The van der Waals surface area contributed by atoms with Crippen molar-refractivity contribution in [3.05, 3.63) is 89.9 Å². The van der Waals surface area contributed by atoms with E-state index < -0.39 is 0 Å². The zero-order valence-corrected chi connectivity index (χ0v) is 14.7. The molecular formula is C21H21FN4O. The summed E-state index contributed by atoms with van der Waals surface area (Å²) in [5.74, 6) is -0.605. The summed E-state index contributed by atoms with van der Waals surface area (Å²) in [4.78, 5) is 11.9. The van der Waals surface area contributed by atoms with Crippen molar-refractivity contribution < 1.29 is 9.18 Å². The van der Waals surface area contributed by atoms with E-state index in [1.165, 1.54) is 24.3 Å². The van der Waals surface area contributed by atoms with Gasteiger partial charge < -0.3 is 21.8 Å². The van der Waals surface area contributed by atoms with Gasteiger partial charge in [0.1, 0.15) is 5.82 Å². The fraction of sp³-hybridized carbons (Fsp3) is 0.0476. The van der Waals surface area contributed by atoms with Gasteiger partial charge in [-0.1, -0.05) is 36.4 Å². The second-order valence-corrected chi connectivity index (χ2v) is 5.56. The molecule has 0 aliphatic carbocycles. The lowest BCUT2D eigenvalue weighted by molar-refractivity contribution is -0.111. The van der Waals surface area contributed by atoms with Gasteiger partial charge >= 0.3 is 0 Å². The molecule has 5 nitrogen and oxygen atoms in total. The maximum atomic E-state index is 12.8. The summed E-state index contributed by atoms with van der Waals surface area (Å²) in [5, 5.41) is 13.1. The third-order valence-corrected chi connectivity index (χ3v) is 3.50. The van der Waals surface area contributed by atoms with Crippen LogP contribution in [0.4, 0.5) is 15.8 Å². The van der Waals surface area contributed by atoms with Crippen molar-refractivity contribution in [2.75, 3.05) is 17.6 Å². The molecule has 0 radical (unpaired) electrons. The van der Waals surface area contributed by atoms with E-state index in [-0.39, 0.29) is 11.7 Å². The smallest absolute Gasteiger partial charge is 0.248 e. The summed E-state index contributed by atoms with van der Waals surface area (Å²) in [6.07, 6.45) is 9.36. The van der Waals surface area contributed by atoms with Crippen LogP contribution in [0.1, 0.15) is 5.56 Å². The summed E-state index contributed by atoms with van der Waals surface area (Å²) in [7, 11) is 0. The first kappa shape index (κ1) is 19.7. The standard InChI is InChI=1S/C21H21FN4O/c22-18-10-7-16(8-11-18)4-3-13-25-15-17(14-23)9-12-21(27)26-20-6-2-1-5-19(20)24/h1-12,14-15,23,25H,13,24H2,(H,26,27)/b4-3+,12-9+,17-15-,23-14?. The lowest BCUT2D eigenvalue weighted by Crippen LogP contribution is -2.10. The van der Waals surface area contributed by atoms with Gasteiger partial charge in [-0.15, -0.1) is 0 Å². The van der Waals surface area contributed by atoms with Crippen molar-refractivity contribution in [2.45, 2.75) is 0 Å². The van der Waals surface area contributed by atoms with E-state index in [2.05, 4.69) is 10.6 Å². The first-order valence-corrected chi connectivity index (χ1v) is 8.28. The van der Waals surface area contributed by atoms with Crippen LogP contribution in [0.15, 0.2) is 78.5 Å². The van der Waals surface area contributed by atoms with Gasteiger partial charge in [0.15, 0.2) is 0 Å². The predicted molar refractivity (Wildman–Crippen MR) is 109 cm³/mol. The Morgan fingerprint density at radius 3 is 2.56 bits per heavy atom. The molecule has 0 atom stereocenters. The highest BCUT2D eigenvalue weighted by atomic mass is 19.1. The topological polar surface area (TPSA) is 91.0 Å². The molecule has 6 heteroatoms. The number of hydrogen-bond acceptors (Lipinski definition) is 4. The molecule has 2 aromatic rings. The van der Waals surface area contributed by atoms with Crippen molar-refractivity contribution in [1.29, 1.82) is 5.41 Å². The fourth-order valence-electron chi connectivity index (χ4n) is 2.11. The van der Waals surface area contributed by atoms with E-state index in [1.807, 2.05) is 12.2 Å². The first-order chi connectivity index (χ1) is 13.1. The van der Waals surface area contributed by atoms with Gasteiger partial charge in [-0.05, 0) is 35.9 Å². The van der Waals surface area contributed by atoms with Crippen molar-refractivity contribution in [3.63, 3.8) is 0 Å². The molecule has 27 heavy (non-hydrogen) atoms. The summed E-state index contributed by atoms with van der Waals surface area (Å²) >= 11 is 0. The number of rotatable bonds is 8. The van der Waals surface area contributed by atoms with Gasteiger partial charge in [0.2, 0.25) is 5.91 Å². The van der Waals surface area contributed by atoms with Gasteiger partial charge in [0.05, 0.1) is 11.4 Å². The second-order valence-electron chi connectivity index (χ2n) is 5.56. The molecule has 0 aliphatic heterocycles. The summed E-state index contributed by atoms with van der Waals surface area (Å²) in [6.45, 7) is 0.523. The normalized spacial score (nSPS) is 11.7. The van der Waals surface area contributed by atoms with Crippen LogP contribution in [0.3, 0.4) is 0 Å². The zero-order valence-electron chi connectivity index (χ0n) is 14.7. The van der Waals surface area contributed by atoms with E-state index in [0.717, 1.165) is 11.8 Å². The lowest BCUT2D eigenvalue weighted by Gasteiger charge is -2.05. The van der Waals surface area contributed by atoms with E-state index in [9.17, 15) is 9.18 Å². The number of carbonyl (C=O) groups excluding carboxylic acids is 1. The number of allylic oxidation sites excluding steroid dienone is 2. The van der Waals surface area contributed by atoms with Gasteiger partial charge in [-0.25, -0.2) is 4.39 Å². The van der Waals surface area contributed by atoms with Crippen LogP contribution in [0.2, 0.25) is 0 Å². The second kappa shape index (κ2) is 10.4. The van der Waals surface area contributed by atoms with Crippen LogP contribution < -0.4 is 16.4 Å². The summed E-state index contributed by atoms with van der Waals surface area (Å²) < 4.78 is 12.8. The minimum absolute atomic E-state index is 0.269. The molecule has 0 unspecified atom stereocenters. The lowest BCUT2D eigenvalue weighted by atomic mass is 10.2. The summed E-state index contributed by atoms with van der Waals surface area (Å²) in [6, 6.07) is 13.2. The minimum Gasteiger partial charge on any atom is -0.397 e. The van der Waals surface area contributed by atoms with E-state index >= 15 is 0 Å². The van der Waals surface area contributed by atoms with E-state index in [1.54, 1.807) is 42.6 Å². The van der Waals surface area contributed by atoms with Crippen molar-refractivity contribution >= 4 is 29.6 Å². The number of anilines is 2. The quantitative estimate of drug-likeness (QED) is 0.189. The number of nitrogens with one attached hydrogen (secondary N) is 3. The average Bonchev–Trinajstić information content (AvgIpc) is 2.67. The number of carbonyl (C=O) groups is 1. The third-order valence-electron chi connectivity index (χ3n) is 3.50. The number of nitrogen functional groups attached to an aromatic ring is 1. The number of benzene rings is 2. The van der Waals surface area contributed by atoms with E-state index in [4.69, 9.17) is 11.1 Å². The van der Waals surface area contributed by atoms with Crippen molar-refractivity contribution in [3.8, 4) is 0 Å². The molecule has 0 saturated carbocycles. The number of hydrogen-bond donors (Lipinski definition) is 4. The van der Waals surface area contributed by atoms with Crippen LogP contribution in [0.5, 0.6) is 0 Å². The molecule has 0 fully saturated rings. The van der Waals surface area contributed by atoms with Crippen molar-refractivity contribution in [2.24, 2.45) is 0 Å². The molecular weight excluding hydrogens is 343 g/mol. The van der Waals surface area contributed by atoms with Gasteiger partial charge in [0, 0.05) is 30.6 Å². The van der Waals surface area contributed by atoms with Gasteiger partial charge in [0.25, 0.3) is 0 Å². The van der Waals surface area contributed by atoms with Crippen LogP contribution in [-0.2, 0) is 4.79 Å². The van der Waals surface area contributed by atoms with Gasteiger partial charge in [-0.3, -0.25) is 4.79 Å². The molecule has 138 valence electrons. The van der Waals surface area contributed by atoms with Crippen molar-refractivity contribution in [1.82, 2.24) is 5.32 Å². The Hall–Kier alpha value is -3.67. The Morgan fingerprint density at radius 2 is 1.85 bits per heavy atom. The Morgan fingerprint density at radius 1 is 1.11 bits per heavy atom. The Balaban J connectivity index is 1.83. The largest absolute Gasteiger partial charge is 0.397 e. The van der Waals surface area contributed by atoms with Crippen LogP contribution >= 0.6 is 0 Å². The molecule has 1 amide bonds. The number of nitrogens with two attached hydrogens (primary N) is 1. The molecule has 5 N–H and O–H groups in total. The summed E-state index contributed by atoms with van der Waals surface area (Å²) in [5.41, 5.74) is 8.22. The molecule has 0 spiro atoms. The molecule has 0 aromatic heterocycles. The van der Waals surface area contributed by atoms with Gasteiger partial charge in [-0.2, -0.15) is 0 Å². The highest BCUT2D eigenvalue weighted by molar-refractivity contribution is 6.02. The Bertz CT molecular complexity index is 870. The maximum Gasteiger partial charge on any atom is 0.248 e. The predicted octanol–water partition coefficient (Wildman–Crippen LogP) is 3.74. The van der Waals surface area contributed by atoms with E-state index in [0.29, 0.717) is 23.5 Å². The highest BCUT2D eigenvalue weighted by Gasteiger charge is 2.00. The fourth-order valence-corrected chi connectivity index (χ4v) is 2.11. The molecule has 2 rings (SSSR count). The average molecular weight is 364 g/mol. The van der Waals surface area contributed by atoms with Crippen LogP contribution in [0, 0.1) is 11.2 Å². The Kier molecular flexibility index (Phi) is 7.53. The molecule has 0 aliphatic rings. The monoisotopic (exact) mass is 364 g/mol. The molecule has 2 aromatic carbocycles. The Labute approximate surface area is 157 Å². The third kappa shape index (κ3) is 6.99. The molecule has 0 saturated heterocycles. The highest BCUT2D eigenvalue weighted by Crippen LogP contribution is 2.16. The molecule has 0 bridgehead atoms. The first-order valence-electron chi connectivity index (χ1n) is 8.28. The minimum atomic E-state index is -0.336.